The molecule has 1 aliphatic rings. The summed E-state index contributed by atoms with van der Waals surface area (Å²) in [5, 5.41) is 10.7. The fraction of sp³-hybridized carbons (Fsp3) is 0.389. The van der Waals surface area contributed by atoms with Crippen LogP contribution in [0.4, 0.5) is 14.5 Å². The molecule has 0 radical (unpaired) electrons. The molecule has 0 bridgehead atoms. The molecule has 1 atom stereocenters. The average molecular weight is 492 g/mol. The van der Waals surface area contributed by atoms with Crippen LogP contribution in [-0.2, 0) is 6.54 Å². The van der Waals surface area contributed by atoms with Crippen molar-refractivity contribution in [3.05, 3.63) is 52.2 Å². The fourth-order valence-electron chi connectivity index (χ4n) is 2.94. The van der Waals surface area contributed by atoms with E-state index in [2.05, 4.69) is 27.1 Å². The van der Waals surface area contributed by atoms with Gasteiger partial charge in [0.1, 0.15) is 17.3 Å². The first-order chi connectivity index (χ1) is 12.2. The molecule has 2 N–H and O–H groups in total. The normalized spacial score (nSPS) is 17.1. The van der Waals surface area contributed by atoms with Gasteiger partial charge in [-0.3, -0.25) is 0 Å². The average Bonchev–Trinajstić information content (AvgIpc) is 3.25. The summed E-state index contributed by atoms with van der Waals surface area (Å²) in [5.41, 5.74) is 1.23. The lowest BCUT2D eigenvalue weighted by Crippen LogP contribution is -2.44. The molecule has 0 aliphatic carbocycles. The van der Waals surface area contributed by atoms with Crippen LogP contribution >= 0.6 is 35.3 Å². The molecule has 1 fully saturated rings. The standard InChI is InChI=1S/C18H22F2N4S.HI/c1-2-21-18(22-10-13-7-9-25-12-13)23-14-6-8-24(11-14)17-15(19)4-3-5-16(17)20;/h3-5,7,9,12,14H,2,6,8,10-11H2,1H3,(H2,21,22,23);1H. The Morgan fingerprint density at radius 2 is 2.08 bits per heavy atom. The smallest absolute Gasteiger partial charge is 0.191 e. The first-order valence-corrected chi connectivity index (χ1v) is 9.36. The minimum atomic E-state index is -0.515. The molecule has 1 aliphatic heterocycles. The van der Waals surface area contributed by atoms with Gasteiger partial charge in [-0.2, -0.15) is 11.3 Å². The summed E-state index contributed by atoms with van der Waals surface area (Å²) >= 11 is 1.65. The number of thiophene rings is 1. The van der Waals surface area contributed by atoms with Crippen LogP contribution in [0.15, 0.2) is 40.0 Å². The van der Waals surface area contributed by atoms with Crippen molar-refractivity contribution in [3.63, 3.8) is 0 Å². The van der Waals surface area contributed by atoms with Gasteiger partial charge >= 0.3 is 0 Å². The first-order valence-electron chi connectivity index (χ1n) is 8.42. The lowest BCUT2D eigenvalue weighted by atomic mass is 10.2. The number of hydrogen-bond donors (Lipinski definition) is 2. The van der Waals surface area contributed by atoms with Crippen LogP contribution in [0, 0.1) is 11.6 Å². The van der Waals surface area contributed by atoms with Crippen molar-refractivity contribution >= 4 is 47.0 Å². The van der Waals surface area contributed by atoms with Crippen molar-refractivity contribution in [2.24, 2.45) is 4.99 Å². The van der Waals surface area contributed by atoms with Gasteiger partial charge < -0.3 is 15.5 Å². The molecule has 0 amide bonds. The molecule has 1 aromatic carbocycles. The van der Waals surface area contributed by atoms with Gasteiger partial charge in [-0.1, -0.05) is 6.07 Å². The predicted molar refractivity (Wildman–Crippen MR) is 115 cm³/mol. The number of halogens is 3. The molecule has 26 heavy (non-hydrogen) atoms. The fourth-order valence-corrected chi connectivity index (χ4v) is 3.60. The Morgan fingerprint density at radius 1 is 1.31 bits per heavy atom. The van der Waals surface area contributed by atoms with E-state index in [1.54, 1.807) is 16.2 Å². The zero-order chi connectivity index (χ0) is 17.6. The zero-order valence-corrected chi connectivity index (χ0v) is 17.7. The highest BCUT2D eigenvalue weighted by Gasteiger charge is 2.27. The number of nitrogens with one attached hydrogen (secondary N) is 2. The summed E-state index contributed by atoms with van der Waals surface area (Å²) in [4.78, 5) is 6.34. The van der Waals surface area contributed by atoms with E-state index in [4.69, 9.17) is 0 Å². The van der Waals surface area contributed by atoms with Gasteiger partial charge in [-0.05, 0) is 47.9 Å². The van der Waals surface area contributed by atoms with E-state index in [1.807, 2.05) is 12.3 Å². The largest absolute Gasteiger partial charge is 0.365 e. The van der Waals surface area contributed by atoms with Crippen LogP contribution in [0.25, 0.3) is 0 Å². The minimum Gasteiger partial charge on any atom is -0.365 e. The Labute approximate surface area is 173 Å². The van der Waals surface area contributed by atoms with Crippen LogP contribution in [0.1, 0.15) is 18.9 Å². The Balaban J connectivity index is 0.00000243. The van der Waals surface area contributed by atoms with Gasteiger partial charge in [-0.25, -0.2) is 13.8 Å². The molecule has 0 saturated carbocycles. The summed E-state index contributed by atoms with van der Waals surface area (Å²) < 4.78 is 27.9. The minimum absolute atomic E-state index is 0. The number of hydrogen-bond acceptors (Lipinski definition) is 3. The Morgan fingerprint density at radius 3 is 2.73 bits per heavy atom. The number of nitrogens with zero attached hydrogens (tertiary/aromatic N) is 2. The van der Waals surface area contributed by atoms with E-state index in [1.165, 1.54) is 23.8 Å². The van der Waals surface area contributed by atoms with Crippen molar-refractivity contribution in [1.82, 2.24) is 10.6 Å². The van der Waals surface area contributed by atoms with E-state index in [0.717, 1.165) is 18.9 Å². The number of guanidine groups is 1. The third kappa shape index (κ3) is 5.29. The first kappa shape index (κ1) is 20.9. The van der Waals surface area contributed by atoms with Gasteiger partial charge in [-0.15, -0.1) is 24.0 Å². The quantitative estimate of drug-likeness (QED) is 0.377. The Bertz CT molecular complexity index is 704. The van der Waals surface area contributed by atoms with E-state index in [-0.39, 0.29) is 35.7 Å². The molecular weight excluding hydrogens is 469 g/mol. The number of rotatable bonds is 5. The maximum atomic E-state index is 14.0. The SMILES string of the molecule is CCNC(=NCc1ccsc1)NC1CCN(c2c(F)cccc2F)C1.I. The molecule has 2 aromatic rings. The summed E-state index contributed by atoms with van der Waals surface area (Å²) in [6, 6.07) is 6.13. The van der Waals surface area contributed by atoms with Crippen molar-refractivity contribution in [3.8, 4) is 0 Å². The van der Waals surface area contributed by atoms with Crippen LogP contribution in [0.5, 0.6) is 0 Å². The topological polar surface area (TPSA) is 39.7 Å². The highest BCUT2D eigenvalue weighted by molar-refractivity contribution is 14.0. The van der Waals surface area contributed by atoms with Gasteiger partial charge in [0.05, 0.1) is 6.54 Å². The van der Waals surface area contributed by atoms with Gasteiger partial charge in [0, 0.05) is 25.7 Å². The Hall–Kier alpha value is -1.42. The third-order valence-corrected chi connectivity index (χ3v) is 4.86. The second-order valence-electron chi connectivity index (χ2n) is 5.97. The highest BCUT2D eigenvalue weighted by Crippen LogP contribution is 2.26. The lowest BCUT2D eigenvalue weighted by Gasteiger charge is -2.21. The summed E-state index contributed by atoms with van der Waals surface area (Å²) in [7, 11) is 0. The van der Waals surface area contributed by atoms with Crippen LogP contribution < -0.4 is 15.5 Å². The molecule has 142 valence electrons. The van der Waals surface area contributed by atoms with Crippen LogP contribution in [0.3, 0.4) is 0 Å². The molecule has 3 rings (SSSR count). The summed E-state index contributed by atoms with van der Waals surface area (Å²) in [6.45, 7) is 4.53. The monoisotopic (exact) mass is 492 g/mol. The van der Waals surface area contributed by atoms with Crippen molar-refractivity contribution in [2.75, 3.05) is 24.5 Å². The third-order valence-electron chi connectivity index (χ3n) is 4.13. The Kier molecular flexibility index (Phi) is 8.08. The number of aliphatic imine (C=N–C) groups is 1. The molecule has 1 aromatic heterocycles. The maximum Gasteiger partial charge on any atom is 0.191 e. The van der Waals surface area contributed by atoms with Gasteiger partial charge in [0.25, 0.3) is 0 Å². The molecule has 0 spiro atoms. The van der Waals surface area contributed by atoms with Crippen molar-refractivity contribution in [2.45, 2.75) is 25.9 Å². The van der Waals surface area contributed by atoms with E-state index in [0.29, 0.717) is 19.6 Å². The van der Waals surface area contributed by atoms with Crippen LogP contribution in [-0.4, -0.2) is 31.6 Å². The molecule has 1 unspecified atom stereocenters. The summed E-state index contributed by atoms with van der Waals surface area (Å²) in [6.07, 6.45) is 0.802. The van der Waals surface area contributed by atoms with E-state index >= 15 is 0 Å². The second kappa shape index (κ2) is 10.1. The number of para-hydroxylation sites is 1. The molecule has 2 heterocycles. The molecular formula is C18H23F2IN4S. The van der Waals surface area contributed by atoms with Crippen LogP contribution in [0.2, 0.25) is 0 Å². The van der Waals surface area contributed by atoms with Gasteiger partial charge in [0.2, 0.25) is 0 Å². The van der Waals surface area contributed by atoms with E-state index < -0.39 is 11.6 Å². The summed E-state index contributed by atoms with van der Waals surface area (Å²) in [5.74, 6) is -0.299. The molecule has 4 nitrogen and oxygen atoms in total. The molecule has 8 heteroatoms. The highest BCUT2D eigenvalue weighted by atomic mass is 127. The van der Waals surface area contributed by atoms with Crippen molar-refractivity contribution < 1.29 is 8.78 Å². The van der Waals surface area contributed by atoms with Gasteiger partial charge in [0.15, 0.2) is 5.96 Å². The van der Waals surface area contributed by atoms with E-state index in [9.17, 15) is 8.78 Å². The number of benzene rings is 1. The maximum absolute atomic E-state index is 14.0. The lowest BCUT2D eigenvalue weighted by molar-refractivity contribution is 0.576. The zero-order valence-electron chi connectivity index (χ0n) is 14.5. The second-order valence-corrected chi connectivity index (χ2v) is 6.75. The predicted octanol–water partition coefficient (Wildman–Crippen LogP) is 3.98. The number of anilines is 1. The molecule has 1 saturated heterocycles. The van der Waals surface area contributed by atoms with Crippen molar-refractivity contribution in [1.29, 1.82) is 0 Å².